The lowest BCUT2D eigenvalue weighted by atomic mass is 10.0. The number of non-ortho nitro benzene ring substituents is 1. The maximum Gasteiger partial charge on any atom is 0.270 e. The quantitative estimate of drug-likeness (QED) is 0.382. The van der Waals surface area contributed by atoms with Gasteiger partial charge >= 0.3 is 0 Å². The minimum absolute atomic E-state index is 0.0764. The molecule has 0 aliphatic heterocycles. The van der Waals surface area contributed by atoms with Gasteiger partial charge in [-0.05, 0) is 36.1 Å². The maximum absolute atomic E-state index is 12.6. The van der Waals surface area contributed by atoms with E-state index >= 15 is 0 Å². The molecular weight excluding hydrogens is 328 g/mol. The van der Waals surface area contributed by atoms with Crippen molar-refractivity contribution in [3.63, 3.8) is 0 Å². The summed E-state index contributed by atoms with van der Waals surface area (Å²) in [6, 6.07) is 13.3. The highest BCUT2D eigenvalue weighted by Crippen LogP contribution is 2.21. The molecule has 5 heteroatoms. The van der Waals surface area contributed by atoms with Crippen LogP contribution in [-0.2, 0) is 0 Å². The average Bonchev–Trinajstić information content (AvgIpc) is 2.60. The average molecular weight is 354 g/mol. The van der Waals surface area contributed by atoms with E-state index in [1.165, 1.54) is 18.2 Å². The Bertz CT molecular complexity index is 757. The number of nitro groups is 1. The fraction of sp³-hybridized carbons (Fsp3) is 0.381. The predicted octanol–water partition coefficient (Wildman–Crippen LogP) is 4.94. The molecular formula is C21H26N2O3. The van der Waals surface area contributed by atoms with Crippen LogP contribution in [0.15, 0.2) is 48.5 Å². The molecule has 26 heavy (non-hydrogen) atoms. The number of carbonyl (C=O) groups is 1. The van der Waals surface area contributed by atoms with E-state index in [4.69, 9.17) is 0 Å². The molecule has 2 rings (SSSR count). The van der Waals surface area contributed by atoms with Gasteiger partial charge < -0.3 is 4.90 Å². The Morgan fingerprint density at radius 3 is 2.04 bits per heavy atom. The summed E-state index contributed by atoms with van der Waals surface area (Å²) in [5, 5.41) is 10.9. The van der Waals surface area contributed by atoms with E-state index in [0.717, 1.165) is 18.8 Å². The third kappa shape index (κ3) is 5.15. The Morgan fingerprint density at radius 1 is 0.962 bits per heavy atom. The number of nitro benzene ring substituents is 1. The minimum atomic E-state index is -0.490. The number of hydrogen-bond acceptors (Lipinski definition) is 4. The molecule has 0 radical (unpaired) electrons. The fourth-order valence-corrected chi connectivity index (χ4v) is 2.92. The van der Waals surface area contributed by atoms with Gasteiger partial charge in [0.25, 0.3) is 5.69 Å². The molecule has 0 saturated heterocycles. The van der Waals surface area contributed by atoms with Gasteiger partial charge in [-0.15, -0.1) is 0 Å². The van der Waals surface area contributed by atoms with Crippen molar-refractivity contribution in [3.8, 4) is 0 Å². The second-order valence-electron chi connectivity index (χ2n) is 7.38. The van der Waals surface area contributed by atoms with Crippen LogP contribution in [0.25, 0.3) is 0 Å². The van der Waals surface area contributed by atoms with Gasteiger partial charge in [0.15, 0.2) is 5.78 Å². The fourth-order valence-electron chi connectivity index (χ4n) is 2.92. The lowest BCUT2D eigenvalue weighted by molar-refractivity contribution is -0.384. The predicted molar refractivity (Wildman–Crippen MR) is 105 cm³/mol. The van der Waals surface area contributed by atoms with Crippen molar-refractivity contribution in [2.24, 2.45) is 11.8 Å². The summed E-state index contributed by atoms with van der Waals surface area (Å²) in [5.41, 5.74) is 1.87. The van der Waals surface area contributed by atoms with E-state index in [9.17, 15) is 14.9 Å². The Hall–Kier alpha value is -2.69. The summed E-state index contributed by atoms with van der Waals surface area (Å²) in [6.07, 6.45) is 0. The topological polar surface area (TPSA) is 63.5 Å². The van der Waals surface area contributed by atoms with Gasteiger partial charge in [-0.25, -0.2) is 0 Å². The second-order valence-corrected chi connectivity index (χ2v) is 7.38. The molecule has 0 heterocycles. The summed E-state index contributed by atoms with van der Waals surface area (Å²) >= 11 is 0. The SMILES string of the molecule is CC(C)CN(CC(C)C)c1ccc(C(=O)c2cccc([N+](=O)[O-])c2)cc1. The maximum atomic E-state index is 12.6. The van der Waals surface area contributed by atoms with Gasteiger partial charge in [-0.1, -0.05) is 39.8 Å². The molecule has 0 N–H and O–H groups in total. The molecule has 2 aromatic rings. The van der Waals surface area contributed by atoms with Gasteiger partial charge in [0.2, 0.25) is 0 Å². The molecule has 0 unspecified atom stereocenters. The summed E-state index contributed by atoms with van der Waals surface area (Å²) < 4.78 is 0. The van der Waals surface area contributed by atoms with Gasteiger partial charge in [0.1, 0.15) is 0 Å². The molecule has 0 aliphatic carbocycles. The molecule has 0 spiro atoms. The molecule has 0 saturated carbocycles. The van der Waals surface area contributed by atoms with Crippen molar-refractivity contribution in [1.29, 1.82) is 0 Å². The summed E-state index contributed by atoms with van der Waals surface area (Å²) in [6.45, 7) is 10.7. The van der Waals surface area contributed by atoms with Crippen LogP contribution < -0.4 is 4.90 Å². The number of nitrogens with zero attached hydrogens (tertiary/aromatic N) is 2. The second kappa shape index (κ2) is 8.61. The first-order valence-corrected chi connectivity index (χ1v) is 8.92. The molecule has 138 valence electrons. The van der Waals surface area contributed by atoms with E-state index in [1.807, 2.05) is 12.1 Å². The first-order chi connectivity index (χ1) is 12.3. The van der Waals surface area contributed by atoms with Crippen LogP contribution in [0.3, 0.4) is 0 Å². The van der Waals surface area contributed by atoms with Gasteiger partial charge in [0.05, 0.1) is 4.92 Å². The zero-order valence-corrected chi connectivity index (χ0v) is 15.8. The molecule has 0 amide bonds. The van der Waals surface area contributed by atoms with Crippen molar-refractivity contribution >= 4 is 17.2 Å². The lowest BCUT2D eigenvalue weighted by Gasteiger charge is -2.28. The van der Waals surface area contributed by atoms with E-state index in [0.29, 0.717) is 23.0 Å². The number of carbonyl (C=O) groups excluding carboxylic acids is 1. The Morgan fingerprint density at radius 2 is 1.54 bits per heavy atom. The van der Waals surface area contributed by atoms with E-state index < -0.39 is 4.92 Å². The number of ketones is 1. The van der Waals surface area contributed by atoms with Crippen molar-refractivity contribution in [2.45, 2.75) is 27.7 Å². The van der Waals surface area contributed by atoms with E-state index in [-0.39, 0.29) is 11.5 Å². The molecule has 0 aliphatic rings. The lowest BCUT2D eigenvalue weighted by Crippen LogP contribution is -2.31. The highest BCUT2D eigenvalue weighted by Gasteiger charge is 2.15. The monoisotopic (exact) mass is 354 g/mol. The highest BCUT2D eigenvalue weighted by atomic mass is 16.6. The molecule has 5 nitrogen and oxygen atoms in total. The molecule has 0 atom stereocenters. The van der Waals surface area contributed by atoms with Crippen molar-refractivity contribution in [1.82, 2.24) is 0 Å². The van der Waals surface area contributed by atoms with Crippen LogP contribution in [0.1, 0.15) is 43.6 Å². The van der Waals surface area contributed by atoms with Gasteiger partial charge in [-0.3, -0.25) is 14.9 Å². The number of rotatable bonds is 8. The van der Waals surface area contributed by atoms with Crippen molar-refractivity contribution < 1.29 is 9.72 Å². The Labute approximate surface area is 154 Å². The number of anilines is 1. The zero-order valence-electron chi connectivity index (χ0n) is 15.8. The normalized spacial score (nSPS) is 11.0. The van der Waals surface area contributed by atoms with Gasteiger partial charge in [0, 0.05) is 42.0 Å². The van der Waals surface area contributed by atoms with Crippen LogP contribution in [0.5, 0.6) is 0 Å². The smallest absolute Gasteiger partial charge is 0.270 e. The van der Waals surface area contributed by atoms with Crippen LogP contribution in [-0.4, -0.2) is 23.8 Å². The molecule has 2 aromatic carbocycles. The standard InChI is InChI=1S/C21H26N2O3/c1-15(2)13-22(14-16(3)4)19-10-8-17(9-11-19)21(24)18-6-5-7-20(12-18)23(25)26/h5-12,15-16H,13-14H2,1-4H3. The molecule has 0 aromatic heterocycles. The third-order valence-corrected chi connectivity index (χ3v) is 3.98. The molecule has 0 fully saturated rings. The first-order valence-electron chi connectivity index (χ1n) is 8.92. The van der Waals surface area contributed by atoms with Crippen LogP contribution in [0, 0.1) is 22.0 Å². The molecule has 0 bridgehead atoms. The van der Waals surface area contributed by atoms with Crippen LogP contribution in [0.2, 0.25) is 0 Å². The largest absolute Gasteiger partial charge is 0.371 e. The summed E-state index contributed by atoms with van der Waals surface area (Å²) in [7, 11) is 0. The van der Waals surface area contributed by atoms with Crippen LogP contribution in [0.4, 0.5) is 11.4 Å². The van der Waals surface area contributed by atoms with Crippen LogP contribution >= 0.6 is 0 Å². The first kappa shape index (κ1) is 19.6. The number of benzene rings is 2. The third-order valence-electron chi connectivity index (χ3n) is 3.98. The van der Waals surface area contributed by atoms with Gasteiger partial charge in [-0.2, -0.15) is 0 Å². The van der Waals surface area contributed by atoms with Crippen molar-refractivity contribution in [2.75, 3.05) is 18.0 Å². The van der Waals surface area contributed by atoms with E-state index in [2.05, 4.69) is 32.6 Å². The summed E-state index contributed by atoms with van der Waals surface area (Å²) in [4.78, 5) is 25.4. The van der Waals surface area contributed by atoms with Crippen molar-refractivity contribution in [3.05, 3.63) is 69.8 Å². The highest BCUT2D eigenvalue weighted by molar-refractivity contribution is 6.09. The minimum Gasteiger partial charge on any atom is -0.371 e. The van der Waals surface area contributed by atoms with E-state index in [1.54, 1.807) is 18.2 Å². The number of hydrogen-bond donors (Lipinski definition) is 0. The Kier molecular flexibility index (Phi) is 6.50. The Balaban J connectivity index is 2.23. The summed E-state index contributed by atoms with van der Waals surface area (Å²) in [5.74, 6) is 0.874. The zero-order chi connectivity index (χ0) is 19.3.